The van der Waals surface area contributed by atoms with E-state index in [1.807, 2.05) is 0 Å². The molecule has 1 atom stereocenters. The zero-order valence-electron chi connectivity index (χ0n) is 7.06. The smallest absolute Gasteiger partial charge is 0.330 e. The van der Waals surface area contributed by atoms with Gasteiger partial charge in [-0.15, -0.1) is 0 Å². The molecular formula is C7H11N3O2. The van der Waals surface area contributed by atoms with Crippen LogP contribution in [0.4, 0.5) is 0 Å². The fraction of sp³-hybridized carbons (Fsp3) is 0.571. The molecule has 0 spiro atoms. The van der Waals surface area contributed by atoms with Crippen molar-refractivity contribution in [3.8, 4) is 0 Å². The summed E-state index contributed by atoms with van der Waals surface area (Å²) in [6.07, 6.45) is 2.00. The van der Waals surface area contributed by atoms with Crippen LogP contribution in [-0.4, -0.2) is 17.1 Å². The van der Waals surface area contributed by atoms with Gasteiger partial charge < -0.3 is 5.11 Å². The van der Waals surface area contributed by atoms with Gasteiger partial charge in [0.1, 0.15) is 0 Å². The predicted molar refractivity (Wildman–Crippen MR) is 44.6 cm³/mol. The van der Waals surface area contributed by atoms with Gasteiger partial charge >= 0.3 is 5.97 Å². The largest absolute Gasteiger partial charge is 0.478 e. The highest BCUT2D eigenvalue weighted by Crippen LogP contribution is 2.02. The van der Waals surface area contributed by atoms with Gasteiger partial charge in [-0.3, -0.25) is 0 Å². The number of carbonyl (C=O) groups is 1. The van der Waals surface area contributed by atoms with Gasteiger partial charge in [-0.2, -0.15) is 0 Å². The molecule has 0 aliphatic rings. The number of carboxylic acid groups (broad SMARTS) is 1. The molecule has 5 nitrogen and oxygen atoms in total. The first-order valence-electron chi connectivity index (χ1n) is 3.52. The van der Waals surface area contributed by atoms with Crippen molar-refractivity contribution < 1.29 is 9.90 Å². The molecule has 0 saturated carbocycles. The fourth-order valence-electron chi connectivity index (χ4n) is 0.570. The summed E-state index contributed by atoms with van der Waals surface area (Å²) in [5.74, 6) is -0.942. The highest BCUT2D eigenvalue weighted by molar-refractivity contribution is 5.85. The van der Waals surface area contributed by atoms with Crippen molar-refractivity contribution in [2.45, 2.75) is 26.3 Å². The van der Waals surface area contributed by atoms with E-state index in [4.69, 9.17) is 10.6 Å². The van der Waals surface area contributed by atoms with Crippen LogP contribution in [0.15, 0.2) is 16.8 Å². The molecular weight excluding hydrogens is 158 g/mol. The maximum absolute atomic E-state index is 10.3. The Balaban J connectivity index is 4.03. The monoisotopic (exact) mass is 169 g/mol. The van der Waals surface area contributed by atoms with Crippen LogP contribution < -0.4 is 0 Å². The lowest BCUT2D eigenvalue weighted by atomic mass is 10.2. The van der Waals surface area contributed by atoms with E-state index in [-0.39, 0.29) is 11.6 Å². The zero-order valence-corrected chi connectivity index (χ0v) is 7.06. The van der Waals surface area contributed by atoms with Crippen LogP contribution in [-0.2, 0) is 4.79 Å². The minimum atomic E-state index is -0.942. The van der Waals surface area contributed by atoms with E-state index in [1.54, 1.807) is 13.0 Å². The van der Waals surface area contributed by atoms with Gasteiger partial charge in [-0.1, -0.05) is 18.1 Å². The normalized spacial score (nSPS) is 13.3. The van der Waals surface area contributed by atoms with Crippen molar-refractivity contribution in [1.82, 2.24) is 0 Å². The standard InChI is InChI=1S/C7H11N3O2/c1-5(7(11)12)3-4-6(2)9-10-8/h3,6H,4H2,1-2H3,(H,11,12). The Hall–Kier alpha value is -1.48. The number of carboxylic acids is 1. The van der Waals surface area contributed by atoms with E-state index in [2.05, 4.69) is 10.0 Å². The van der Waals surface area contributed by atoms with Crippen LogP contribution in [0.25, 0.3) is 10.4 Å². The molecule has 0 radical (unpaired) electrons. The molecule has 0 aromatic heterocycles. The van der Waals surface area contributed by atoms with Gasteiger partial charge in [0.2, 0.25) is 0 Å². The Bertz CT molecular complexity index is 241. The third-order valence-electron chi connectivity index (χ3n) is 1.35. The molecule has 0 aromatic rings. The molecule has 0 rings (SSSR count). The van der Waals surface area contributed by atoms with Gasteiger partial charge in [0.25, 0.3) is 0 Å². The lowest BCUT2D eigenvalue weighted by Gasteiger charge is -1.98. The average molecular weight is 169 g/mol. The van der Waals surface area contributed by atoms with Crippen LogP contribution in [0.3, 0.4) is 0 Å². The lowest BCUT2D eigenvalue weighted by molar-refractivity contribution is -0.132. The van der Waals surface area contributed by atoms with Crippen LogP contribution in [0.2, 0.25) is 0 Å². The van der Waals surface area contributed by atoms with Crippen LogP contribution in [0, 0.1) is 0 Å². The quantitative estimate of drug-likeness (QED) is 0.302. The van der Waals surface area contributed by atoms with Gasteiger partial charge in [-0.25, -0.2) is 4.79 Å². The zero-order chi connectivity index (χ0) is 9.56. The van der Waals surface area contributed by atoms with E-state index in [1.165, 1.54) is 6.92 Å². The number of nitrogens with zero attached hydrogens (tertiary/aromatic N) is 3. The summed E-state index contributed by atoms with van der Waals surface area (Å²) in [6, 6.07) is -0.190. The first kappa shape index (κ1) is 10.5. The van der Waals surface area contributed by atoms with Crippen LogP contribution in [0.1, 0.15) is 20.3 Å². The first-order chi connectivity index (χ1) is 5.57. The number of aliphatic carboxylic acids is 1. The second-order valence-corrected chi connectivity index (χ2v) is 2.48. The summed E-state index contributed by atoms with van der Waals surface area (Å²) in [6.45, 7) is 3.23. The van der Waals surface area contributed by atoms with Crippen LogP contribution >= 0.6 is 0 Å². The number of hydrogen-bond donors (Lipinski definition) is 1. The third-order valence-corrected chi connectivity index (χ3v) is 1.35. The van der Waals surface area contributed by atoms with E-state index < -0.39 is 5.97 Å². The van der Waals surface area contributed by atoms with Crippen molar-refractivity contribution in [3.05, 3.63) is 22.1 Å². The molecule has 1 unspecified atom stereocenters. The average Bonchev–Trinajstić information content (AvgIpc) is 2.00. The second-order valence-electron chi connectivity index (χ2n) is 2.48. The Morgan fingerprint density at radius 3 is 2.83 bits per heavy atom. The first-order valence-corrected chi connectivity index (χ1v) is 3.52. The molecule has 12 heavy (non-hydrogen) atoms. The number of hydrogen-bond acceptors (Lipinski definition) is 2. The summed E-state index contributed by atoms with van der Waals surface area (Å²) in [7, 11) is 0. The van der Waals surface area contributed by atoms with Crippen molar-refractivity contribution in [1.29, 1.82) is 0 Å². The van der Waals surface area contributed by atoms with Crippen molar-refractivity contribution in [2.75, 3.05) is 0 Å². The van der Waals surface area contributed by atoms with Crippen molar-refractivity contribution in [2.24, 2.45) is 5.11 Å². The molecule has 0 heterocycles. The molecule has 0 aliphatic heterocycles. The Morgan fingerprint density at radius 1 is 1.83 bits per heavy atom. The minimum absolute atomic E-state index is 0.190. The van der Waals surface area contributed by atoms with Gasteiger partial charge in [0.05, 0.1) is 0 Å². The predicted octanol–water partition coefficient (Wildman–Crippen LogP) is 2.11. The Morgan fingerprint density at radius 2 is 2.42 bits per heavy atom. The van der Waals surface area contributed by atoms with E-state index >= 15 is 0 Å². The summed E-state index contributed by atoms with van der Waals surface area (Å²) in [5.41, 5.74) is 8.31. The minimum Gasteiger partial charge on any atom is -0.478 e. The summed E-state index contributed by atoms with van der Waals surface area (Å²) < 4.78 is 0. The summed E-state index contributed by atoms with van der Waals surface area (Å²) >= 11 is 0. The lowest BCUT2D eigenvalue weighted by Crippen LogP contribution is -1.99. The summed E-state index contributed by atoms with van der Waals surface area (Å²) in [5, 5.41) is 11.9. The third kappa shape index (κ3) is 4.35. The molecule has 5 heteroatoms. The highest BCUT2D eigenvalue weighted by Gasteiger charge is 2.00. The van der Waals surface area contributed by atoms with Crippen LogP contribution in [0.5, 0.6) is 0 Å². The van der Waals surface area contributed by atoms with Gasteiger partial charge in [-0.05, 0) is 18.9 Å². The molecule has 0 saturated heterocycles. The molecule has 0 fully saturated rings. The SMILES string of the molecule is CC(=CCC(C)N=[N+]=[N-])C(=O)O. The highest BCUT2D eigenvalue weighted by atomic mass is 16.4. The van der Waals surface area contributed by atoms with E-state index in [0.29, 0.717) is 6.42 Å². The van der Waals surface area contributed by atoms with E-state index in [0.717, 1.165) is 0 Å². The molecule has 0 bridgehead atoms. The maximum atomic E-state index is 10.3. The topological polar surface area (TPSA) is 86.1 Å². The number of rotatable bonds is 4. The van der Waals surface area contributed by atoms with E-state index in [9.17, 15) is 4.79 Å². The van der Waals surface area contributed by atoms with Crippen molar-refractivity contribution in [3.63, 3.8) is 0 Å². The molecule has 66 valence electrons. The Kier molecular flexibility index (Phi) is 4.57. The molecule has 0 aliphatic carbocycles. The van der Waals surface area contributed by atoms with Crippen molar-refractivity contribution >= 4 is 5.97 Å². The molecule has 0 aromatic carbocycles. The second kappa shape index (κ2) is 5.21. The Labute approximate surface area is 70.3 Å². The fourth-order valence-corrected chi connectivity index (χ4v) is 0.570. The van der Waals surface area contributed by atoms with Gasteiger partial charge in [0.15, 0.2) is 0 Å². The molecule has 0 amide bonds. The molecule has 1 N–H and O–H groups in total. The maximum Gasteiger partial charge on any atom is 0.330 e. The van der Waals surface area contributed by atoms with Gasteiger partial charge in [0, 0.05) is 16.5 Å². The summed E-state index contributed by atoms with van der Waals surface area (Å²) in [4.78, 5) is 12.9. The number of azide groups is 1.